The smallest absolute Gasteiger partial charge is 0.139 e. The molecule has 60 heavy (non-hydrogen) atoms. The van der Waals surface area contributed by atoms with Crippen molar-refractivity contribution >= 4 is 60.9 Å². The summed E-state index contributed by atoms with van der Waals surface area (Å²) in [7, 11) is 0. The lowest BCUT2D eigenvalue weighted by molar-refractivity contribution is 0.657. The molecule has 0 spiro atoms. The van der Waals surface area contributed by atoms with Crippen LogP contribution in [0.1, 0.15) is 29.9 Å². The van der Waals surface area contributed by atoms with E-state index in [1.165, 1.54) is 82.0 Å². The van der Waals surface area contributed by atoms with E-state index >= 15 is 0 Å². The Bertz CT molecular complexity index is 3390. The van der Waals surface area contributed by atoms with Crippen molar-refractivity contribution in [3.05, 3.63) is 222 Å². The van der Waals surface area contributed by atoms with Crippen LogP contribution in [0.3, 0.4) is 0 Å². The molecule has 2 aliphatic rings. The number of aryl methyl sites for hydroxylation is 1. The van der Waals surface area contributed by atoms with E-state index in [4.69, 9.17) is 4.42 Å². The van der Waals surface area contributed by atoms with Crippen molar-refractivity contribution in [2.45, 2.75) is 25.2 Å². The minimum atomic E-state index is 0.205. The van der Waals surface area contributed by atoms with Crippen molar-refractivity contribution in [2.24, 2.45) is 0 Å². The standard InChI is InChI=1S/C58H41NO/c1-3-11-38(12-4-1)45-35-46(39-21-23-40(24-22-39)50-33-29-44-26-25-42-13-9-14-43-30-34-53(50)57(44)56(42)43)37-49(36-45)59(47-15-5-2-6-16-47)48-31-27-41(28-32-48)51-18-10-19-54-52-17-7-8-20-55(52)60-58(51)54/h1-8,10-12,14-27,29-37,41H,9,13,28H2. The zero-order valence-corrected chi connectivity index (χ0v) is 33.2. The van der Waals surface area contributed by atoms with Crippen LogP contribution >= 0.6 is 0 Å². The summed E-state index contributed by atoms with van der Waals surface area (Å²) in [4.78, 5) is 2.41. The van der Waals surface area contributed by atoms with E-state index in [9.17, 15) is 0 Å². The maximum Gasteiger partial charge on any atom is 0.139 e. The number of rotatable bonds is 7. The monoisotopic (exact) mass is 767 g/mol. The van der Waals surface area contributed by atoms with Gasteiger partial charge in [-0.2, -0.15) is 0 Å². The average molecular weight is 768 g/mol. The topological polar surface area (TPSA) is 16.4 Å². The third-order valence-corrected chi connectivity index (χ3v) is 12.8. The number of fused-ring (bicyclic) bond motifs is 3. The number of allylic oxidation sites excluding steroid dienone is 3. The third kappa shape index (κ3) is 5.79. The second-order valence-corrected chi connectivity index (χ2v) is 16.3. The summed E-state index contributed by atoms with van der Waals surface area (Å²) >= 11 is 0. The molecule has 2 aliphatic carbocycles. The van der Waals surface area contributed by atoms with E-state index in [0.717, 1.165) is 47.5 Å². The van der Waals surface area contributed by atoms with Crippen molar-refractivity contribution in [3.63, 3.8) is 0 Å². The fraction of sp³-hybridized carbons (Fsp3) is 0.0690. The van der Waals surface area contributed by atoms with Gasteiger partial charge in [-0.1, -0.05) is 164 Å². The number of hydrogen-bond donors (Lipinski definition) is 0. The number of nitrogens with zero attached hydrogens (tertiary/aromatic N) is 1. The van der Waals surface area contributed by atoms with Gasteiger partial charge in [0.25, 0.3) is 0 Å². The van der Waals surface area contributed by atoms with Crippen LogP contribution in [0, 0.1) is 0 Å². The van der Waals surface area contributed by atoms with Crippen molar-refractivity contribution < 1.29 is 4.42 Å². The van der Waals surface area contributed by atoms with E-state index in [1.54, 1.807) is 0 Å². The molecule has 0 bridgehead atoms. The highest BCUT2D eigenvalue weighted by molar-refractivity contribution is 6.16. The van der Waals surface area contributed by atoms with Crippen LogP contribution in [-0.4, -0.2) is 0 Å². The summed E-state index contributed by atoms with van der Waals surface area (Å²) in [6.45, 7) is 0. The Hall–Kier alpha value is -7.42. The molecule has 2 nitrogen and oxygen atoms in total. The predicted molar refractivity (Wildman–Crippen MR) is 253 cm³/mol. The summed E-state index contributed by atoms with van der Waals surface area (Å²) in [6, 6.07) is 66.6. The Balaban J connectivity index is 0.942. The molecule has 9 aromatic carbocycles. The molecule has 0 fully saturated rings. The Morgan fingerprint density at radius 3 is 2.05 bits per heavy atom. The highest BCUT2D eigenvalue weighted by Crippen LogP contribution is 2.42. The maximum absolute atomic E-state index is 6.47. The lowest BCUT2D eigenvalue weighted by atomic mass is 9.87. The molecule has 0 amide bonds. The Morgan fingerprint density at radius 2 is 1.23 bits per heavy atom. The van der Waals surface area contributed by atoms with E-state index < -0.39 is 0 Å². The van der Waals surface area contributed by atoms with Crippen molar-refractivity contribution in [2.75, 3.05) is 4.90 Å². The number of furan rings is 1. The first kappa shape index (κ1) is 34.6. The summed E-state index contributed by atoms with van der Waals surface area (Å²) in [5.74, 6) is 0.205. The fourth-order valence-electron chi connectivity index (χ4n) is 9.90. The highest BCUT2D eigenvalue weighted by Gasteiger charge is 2.22. The lowest BCUT2D eigenvalue weighted by Gasteiger charge is -2.30. The first-order valence-electron chi connectivity index (χ1n) is 21.2. The first-order chi connectivity index (χ1) is 29.7. The summed E-state index contributed by atoms with van der Waals surface area (Å²) < 4.78 is 6.47. The predicted octanol–water partition coefficient (Wildman–Crippen LogP) is 15.1. The van der Waals surface area contributed by atoms with Crippen molar-refractivity contribution in [1.82, 2.24) is 0 Å². The average Bonchev–Trinajstić information content (AvgIpc) is 3.71. The molecule has 12 rings (SSSR count). The molecule has 1 aromatic heterocycles. The van der Waals surface area contributed by atoms with E-state index in [-0.39, 0.29) is 5.92 Å². The molecule has 284 valence electrons. The van der Waals surface area contributed by atoms with Gasteiger partial charge in [0, 0.05) is 39.3 Å². The van der Waals surface area contributed by atoms with Gasteiger partial charge in [0.1, 0.15) is 11.2 Å². The van der Waals surface area contributed by atoms with Crippen LogP contribution in [0.5, 0.6) is 0 Å². The maximum atomic E-state index is 6.47. The minimum Gasteiger partial charge on any atom is -0.456 e. The van der Waals surface area contributed by atoms with Crippen LogP contribution in [0.2, 0.25) is 0 Å². The minimum absolute atomic E-state index is 0.205. The Labute approximate surface area is 349 Å². The van der Waals surface area contributed by atoms with E-state index in [1.807, 2.05) is 6.07 Å². The molecule has 0 saturated carbocycles. The molecule has 1 unspecified atom stereocenters. The molecule has 1 atom stereocenters. The van der Waals surface area contributed by atoms with Gasteiger partial charge in [0.15, 0.2) is 0 Å². The first-order valence-corrected chi connectivity index (χ1v) is 21.2. The summed E-state index contributed by atoms with van der Waals surface area (Å²) in [6.07, 6.45) is 12.5. The molecular formula is C58H41NO. The highest BCUT2D eigenvalue weighted by atomic mass is 16.3. The Kier molecular flexibility index (Phi) is 8.16. The largest absolute Gasteiger partial charge is 0.456 e. The summed E-state index contributed by atoms with van der Waals surface area (Å²) in [5.41, 5.74) is 15.3. The second-order valence-electron chi connectivity index (χ2n) is 16.3. The molecular weight excluding hydrogens is 727 g/mol. The number of benzene rings is 9. The number of para-hydroxylation sites is 3. The van der Waals surface area contributed by atoms with Gasteiger partial charge in [0.2, 0.25) is 0 Å². The molecule has 2 heteroatoms. The molecule has 0 saturated heterocycles. The van der Waals surface area contributed by atoms with Gasteiger partial charge in [-0.3, -0.25) is 0 Å². The van der Waals surface area contributed by atoms with Crippen LogP contribution in [0.25, 0.3) is 82.9 Å². The molecule has 1 heterocycles. The SMILES string of the molecule is C1=CC(c2cccc3c2oc2ccccc23)CC=C1N(c1ccccc1)c1cc(-c2ccccc2)cc(-c2ccc(-c3ccc4ccc5c6c(ccc3c46)=CCC5)cc2)c1. The van der Waals surface area contributed by atoms with Gasteiger partial charge in [-0.05, 0) is 127 Å². The van der Waals surface area contributed by atoms with Gasteiger partial charge < -0.3 is 9.32 Å². The quantitative estimate of drug-likeness (QED) is 0.161. The van der Waals surface area contributed by atoms with Crippen molar-refractivity contribution in [3.8, 4) is 33.4 Å². The molecule has 0 N–H and O–H groups in total. The van der Waals surface area contributed by atoms with Crippen molar-refractivity contribution in [1.29, 1.82) is 0 Å². The molecule has 0 radical (unpaired) electrons. The number of anilines is 2. The summed E-state index contributed by atoms with van der Waals surface area (Å²) in [5, 5.41) is 9.19. The second kappa shape index (κ2) is 14.1. The van der Waals surface area contributed by atoms with Gasteiger partial charge in [-0.15, -0.1) is 0 Å². The van der Waals surface area contributed by atoms with Crippen LogP contribution in [-0.2, 0) is 6.42 Å². The zero-order valence-electron chi connectivity index (χ0n) is 33.2. The van der Waals surface area contributed by atoms with E-state index in [0.29, 0.717) is 0 Å². The van der Waals surface area contributed by atoms with Gasteiger partial charge >= 0.3 is 0 Å². The normalized spacial score (nSPS) is 14.8. The van der Waals surface area contributed by atoms with Gasteiger partial charge in [0.05, 0.1) is 0 Å². The lowest BCUT2D eigenvalue weighted by Crippen LogP contribution is -2.17. The van der Waals surface area contributed by atoms with Crippen LogP contribution in [0.15, 0.2) is 210 Å². The van der Waals surface area contributed by atoms with Crippen LogP contribution in [0.4, 0.5) is 11.4 Å². The van der Waals surface area contributed by atoms with Gasteiger partial charge in [-0.25, -0.2) is 0 Å². The molecule has 10 aromatic rings. The Morgan fingerprint density at radius 1 is 0.500 bits per heavy atom. The third-order valence-electron chi connectivity index (χ3n) is 12.8. The molecule has 0 aliphatic heterocycles. The van der Waals surface area contributed by atoms with E-state index in [2.05, 4.69) is 205 Å². The fourth-order valence-corrected chi connectivity index (χ4v) is 9.90. The van der Waals surface area contributed by atoms with Crippen LogP contribution < -0.4 is 10.1 Å². The number of hydrogen-bond acceptors (Lipinski definition) is 2. The zero-order chi connectivity index (χ0) is 39.6.